The topological polar surface area (TPSA) is 47.6 Å². The van der Waals surface area contributed by atoms with Crippen LogP contribution in [0.15, 0.2) is 22.7 Å². The molecule has 0 spiro atoms. The fraction of sp³-hybridized carbons (Fsp3) is 0.562. The molecule has 1 aliphatic rings. The molecule has 1 aromatic carbocycles. The third-order valence-corrected chi connectivity index (χ3v) is 4.08. The Kier molecular flexibility index (Phi) is 6.51. The van der Waals surface area contributed by atoms with Crippen molar-refractivity contribution < 1.29 is 14.3 Å². The first-order valence-corrected chi connectivity index (χ1v) is 8.32. The summed E-state index contributed by atoms with van der Waals surface area (Å²) in [4.78, 5) is 12.1. The average Bonchev–Trinajstić information content (AvgIpc) is 3.00. The molecule has 4 nitrogen and oxygen atoms in total. The summed E-state index contributed by atoms with van der Waals surface area (Å²) in [5.74, 6) is 0.699. The lowest BCUT2D eigenvalue weighted by atomic mass is 10.2. The van der Waals surface area contributed by atoms with Gasteiger partial charge < -0.3 is 14.8 Å². The van der Waals surface area contributed by atoms with Gasteiger partial charge in [0, 0.05) is 18.7 Å². The van der Waals surface area contributed by atoms with E-state index >= 15 is 0 Å². The van der Waals surface area contributed by atoms with Gasteiger partial charge in [-0.1, -0.05) is 13.3 Å². The third-order valence-electron chi connectivity index (χ3n) is 3.46. The Bertz CT molecular complexity index is 473. The second-order valence-electron chi connectivity index (χ2n) is 5.19. The van der Waals surface area contributed by atoms with Gasteiger partial charge in [-0.2, -0.15) is 0 Å². The minimum atomic E-state index is -0.0775. The van der Waals surface area contributed by atoms with Crippen LogP contribution in [-0.2, 0) is 4.74 Å². The summed E-state index contributed by atoms with van der Waals surface area (Å²) in [6.07, 6.45) is 4.38. The van der Waals surface area contributed by atoms with Gasteiger partial charge in [0.1, 0.15) is 5.75 Å². The molecule has 5 heteroatoms. The molecule has 0 radical (unpaired) electrons. The number of hydrogen-bond acceptors (Lipinski definition) is 3. The Morgan fingerprint density at radius 3 is 3.05 bits per heavy atom. The molecule has 21 heavy (non-hydrogen) atoms. The number of nitrogens with one attached hydrogen (secondary N) is 1. The zero-order valence-electron chi connectivity index (χ0n) is 12.4. The van der Waals surface area contributed by atoms with Gasteiger partial charge >= 0.3 is 0 Å². The molecule has 0 bridgehead atoms. The van der Waals surface area contributed by atoms with E-state index < -0.39 is 0 Å². The van der Waals surface area contributed by atoms with Crippen LogP contribution in [0.1, 0.15) is 43.0 Å². The van der Waals surface area contributed by atoms with E-state index in [1.807, 2.05) is 6.07 Å². The van der Waals surface area contributed by atoms with Crippen LogP contribution in [0, 0.1) is 0 Å². The molecule has 2 rings (SSSR count). The Hall–Kier alpha value is -1.07. The van der Waals surface area contributed by atoms with Crippen molar-refractivity contribution in [1.82, 2.24) is 5.32 Å². The Morgan fingerprint density at radius 2 is 2.38 bits per heavy atom. The second-order valence-corrected chi connectivity index (χ2v) is 6.05. The zero-order chi connectivity index (χ0) is 15.1. The number of halogens is 1. The van der Waals surface area contributed by atoms with Crippen molar-refractivity contribution in [1.29, 1.82) is 0 Å². The van der Waals surface area contributed by atoms with Crippen molar-refractivity contribution >= 4 is 21.8 Å². The molecule has 1 saturated heterocycles. The van der Waals surface area contributed by atoms with Gasteiger partial charge in [-0.25, -0.2) is 0 Å². The summed E-state index contributed by atoms with van der Waals surface area (Å²) in [6, 6.07) is 5.42. The highest BCUT2D eigenvalue weighted by Crippen LogP contribution is 2.26. The normalized spacial score (nSPS) is 17.7. The fourth-order valence-electron chi connectivity index (χ4n) is 2.20. The van der Waals surface area contributed by atoms with E-state index in [9.17, 15) is 4.79 Å². The van der Waals surface area contributed by atoms with Gasteiger partial charge in [0.05, 0.1) is 17.2 Å². The van der Waals surface area contributed by atoms with Crippen molar-refractivity contribution in [2.24, 2.45) is 0 Å². The highest BCUT2D eigenvalue weighted by molar-refractivity contribution is 9.10. The summed E-state index contributed by atoms with van der Waals surface area (Å²) in [5.41, 5.74) is 0.628. The van der Waals surface area contributed by atoms with Crippen LogP contribution in [0.5, 0.6) is 5.75 Å². The van der Waals surface area contributed by atoms with Crippen LogP contribution >= 0.6 is 15.9 Å². The fourth-order valence-corrected chi connectivity index (χ4v) is 2.69. The molecule has 1 aromatic rings. The van der Waals surface area contributed by atoms with E-state index in [2.05, 4.69) is 28.2 Å². The van der Waals surface area contributed by atoms with E-state index in [1.165, 1.54) is 0 Å². The van der Waals surface area contributed by atoms with Gasteiger partial charge in [-0.3, -0.25) is 4.79 Å². The minimum absolute atomic E-state index is 0.0775. The number of benzene rings is 1. The van der Waals surface area contributed by atoms with Crippen LogP contribution in [-0.4, -0.2) is 31.8 Å². The molecule has 0 unspecified atom stereocenters. The van der Waals surface area contributed by atoms with Crippen LogP contribution in [0.25, 0.3) is 0 Å². The quantitative estimate of drug-likeness (QED) is 0.761. The molecular formula is C16H22BrNO3. The molecule has 0 aromatic heterocycles. The monoisotopic (exact) mass is 355 g/mol. The molecular weight excluding hydrogens is 334 g/mol. The molecule has 0 aliphatic carbocycles. The van der Waals surface area contributed by atoms with Gasteiger partial charge in [-0.15, -0.1) is 0 Å². The number of carbonyl (C=O) groups excluding carboxylic acids is 1. The first-order chi connectivity index (χ1) is 10.2. The number of ether oxygens (including phenoxy) is 2. The summed E-state index contributed by atoms with van der Waals surface area (Å²) in [7, 11) is 0. The van der Waals surface area contributed by atoms with Crippen LogP contribution in [0.3, 0.4) is 0 Å². The highest BCUT2D eigenvalue weighted by Gasteiger charge is 2.17. The maximum atomic E-state index is 12.1. The molecule has 1 aliphatic heterocycles. The Morgan fingerprint density at radius 1 is 1.52 bits per heavy atom. The molecule has 1 atom stereocenters. The van der Waals surface area contributed by atoms with Crippen molar-refractivity contribution in [3.63, 3.8) is 0 Å². The van der Waals surface area contributed by atoms with E-state index in [0.717, 1.165) is 42.5 Å². The highest BCUT2D eigenvalue weighted by atomic mass is 79.9. The largest absolute Gasteiger partial charge is 0.492 e. The number of unbranched alkanes of at least 4 members (excludes halogenated alkanes) is 1. The molecule has 1 amide bonds. The summed E-state index contributed by atoms with van der Waals surface area (Å²) in [6.45, 7) is 4.20. The first kappa shape index (κ1) is 16.3. The lowest BCUT2D eigenvalue weighted by Crippen LogP contribution is -2.31. The molecule has 1 N–H and O–H groups in total. The Labute approximate surface area is 134 Å². The van der Waals surface area contributed by atoms with Crippen LogP contribution in [0.4, 0.5) is 0 Å². The van der Waals surface area contributed by atoms with Crippen LogP contribution < -0.4 is 10.1 Å². The number of rotatable bonds is 7. The Balaban J connectivity index is 1.87. The zero-order valence-corrected chi connectivity index (χ0v) is 13.9. The maximum Gasteiger partial charge on any atom is 0.251 e. The SMILES string of the molecule is CCCCOc1ccc(C(=O)NC[C@H]2CCCO2)cc1Br. The van der Waals surface area contributed by atoms with Crippen molar-refractivity contribution in [2.45, 2.75) is 38.7 Å². The number of hydrogen-bond donors (Lipinski definition) is 1. The summed E-state index contributed by atoms with van der Waals surface area (Å²) < 4.78 is 12.0. The van der Waals surface area contributed by atoms with Crippen molar-refractivity contribution in [3.8, 4) is 5.75 Å². The lowest BCUT2D eigenvalue weighted by Gasteiger charge is -2.12. The average molecular weight is 356 g/mol. The molecule has 0 saturated carbocycles. The summed E-state index contributed by atoms with van der Waals surface area (Å²) >= 11 is 3.46. The van der Waals surface area contributed by atoms with E-state index in [-0.39, 0.29) is 12.0 Å². The third kappa shape index (κ3) is 5.00. The van der Waals surface area contributed by atoms with Gasteiger partial charge in [-0.05, 0) is 53.4 Å². The van der Waals surface area contributed by atoms with E-state index in [0.29, 0.717) is 18.7 Å². The molecule has 1 fully saturated rings. The smallest absolute Gasteiger partial charge is 0.251 e. The molecule has 1 heterocycles. The van der Waals surface area contributed by atoms with Crippen LogP contribution in [0.2, 0.25) is 0 Å². The standard InChI is InChI=1S/C16H22BrNO3/c1-2-3-8-21-15-7-6-12(10-14(15)17)16(19)18-11-13-5-4-9-20-13/h6-7,10,13H,2-5,8-9,11H2,1H3,(H,18,19)/t13-/m1/s1. The van der Waals surface area contributed by atoms with E-state index in [4.69, 9.17) is 9.47 Å². The van der Waals surface area contributed by atoms with Crippen molar-refractivity contribution in [2.75, 3.05) is 19.8 Å². The lowest BCUT2D eigenvalue weighted by molar-refractivity contribution is 0.0857. The minimum Gasteiger partial charge on any atom is -0.492 e. The first-order valence-electron chi connectivity index (χ1n) is 7.53. The van der Waals surface area contributed by atoms with Gasteiger partial charge in [0.2, 0.25) is 0 Å². The van der Waals surface area contributed by atoms with Crippen molar-refractivity contribution in [3.05, 3.63) is 28.2 Å². The second kappa shape index (κ2) is 8.39. The van der Waals surface area contributed by atoms with E-state index in [1.54, 1.807) is 12.1 Å². The maximum absolute atomic E-state index is 12.1. The van der Waals surface area contributed by atoms with Gasteiger partial charge in [0.15, 0.2) is 0 Å². The summed E-state index contributed by atoms with van der Waals surface area (Å²) in [5, 5.41) is 2.91. The predicted molar refractivity (Wildman–Crippen MR) is 85.9 cm³/mol. The van der Waals surface area contributed by atoms with Gasteiger partial charge in [0.25, 0.3) is 5.91 Å². The molecule has 116 valence electrons. The number of amides is 1. The predicted octanol–water partition coefficient (Wildman–Crippen LogP) is 3.54. The number of carbonyl (C=O) groups is 1.